The van der Waals surface area contributed by atoms with E-state index in [1.54, 1.807) is 4.90 Å². The van der Waals surface area contributed by atoms with Gasteiger partial charge in [0.05, 0.1) is 6.61 Å². The van der Waals surface area contributed by atoms with Crippen LogP contribution in [0.2, 0.25) is 0 Å². The van der Waals surface area contributed by atoms with Crippen molar-refractivity contribution >= 4 is 12.0 Å². The predicted molar refractivity (Wildman–Crippen MR) is 59.3 cm³/mol. The summed E-state index contributed by atoms with van der Waals surface area (Å²) in [6.07, 6.45) is -0.169. The second kappa shape index (κ2) is 4.18. The highest BCUT2D eigenvalue weighted by atomic mass is 16.6. The van der Waals surface area contributed by atoms with Crippen LogP contribution in [-0.4, -0.2) is 53.3 Å². The number of hydrogen-bond acceptors (Lipinski definition) is 4. The Morgan fingerprint density at radius 2 is 2.29 bits per heavy atom. The van der Waals surface area contributed by atoms with Crippen molar-refractivity contribution in [3.8, 4) is 0 Å². The van der Waals surface area contributed by atoms with E-state index in [1.807, 2.05) is 13.8 Å². The fourth-order valence-corrected chi connectivity index (χ4v) is 2.50. The van der Waals surface area contributed by atoms with Crippen LogP contribution in [0.5, 0.6) is 0 Å². The molecule has 0 spiro atoms. The van der Waals surface area contributed by atoms with Gasteiger partial charge in [0.1, 0.15) is 12.1 Å². The minimum atomic E-state index is -0.795. The van der Waals surface area contributed by atoms with Crippen LogP contribution in [0.25, 0.3) is 0 Å². The van der Waals surface area contributed by atoms with Gasteiger partial charge in [-0.2, -0.15) is 0 Å². The lowest BCUT2D eigenvalue weighted by molar-refractivity contribution is -0.129. The van der Waals surface area contributed by atoms with Crippen molar-refractivity contribution in [1.29, 1.82) is 0 Å². The quantitative estimate of drug-likeness (QED) is 0.713. The van der Waals surface area contributed by atoms with Crippen molar-refractivity contribution in [2.75, 3.05) is 19.8 Å². The zero-order chi connectivity index (χ0) is 12.6. The van der Waals surface area contributed by atoms with Gasteiger partial charge in [0, 0.05) is 24.9 Å². The lowest BCUT2D eigenvalue weighted by Gasteiger charge is -2.31. The van der Waals surface area contributed by atoms with Crippen LogP contribution in [0.15, 0.2) is 0 Å². The first-order chi connectivity index (χ1) is 7.98. The first-order valence-corrected chi connectivity index (χ1v) is 5.84. The summed E-state index contributed by atoms with van der Waals surface area (Å²) in [7, 11) is 0. The van der Waals surface area contributed by atoms with Crippen molar-refractivity contribution in [1.82, 2.24) is 10.2 Å². The van der Waals surface area contributed by atoms with Gasteiger partial charge in [-0.05, 0) is 13.8 Å². The van der Waals surface area contributed by atoms with Gasteiger partial charge in [0.15, 0.2) is 0 Å². The molecular formula is C11H18N2O4. The van der Waals surface area contributed by atoms with Gasteiger partial charge in [0.2, 0.25) is 5.91 Å². The van der Waals surface area contributed by atoms with Gasteiger partial charge in [0.25, 0.3) is 0 Å². The van der Waals surface area contributed by atoms with E-state index in [0.29, 0.717) is 13.0 Å². The number of likely N-dealkylation sites (tertiary alicyclic amines) is 1. The molecule has 2 heterocycles. The number of hydrogen-bond donors (Lipinski definition) is 2. The summed E-state index contributed by atoms with van der Waals surface area (Å²) in [6, 6.07) is 0.140. The van der Waals surface area contributed by atoms with Crippen LogP contribution in [0.1, 0.15) is 20.3 Å². The zero-order valence-electron chi connectivity index (χ0n) is 10.1. The minimum Gasteiger partial charge on any atom is -0.447 e. The van der Waals surface area contributed by atoms with Crippen LogP contribution in [-0.2, 0) is 9.53 Å². The number of rotatable bonds is 3. The first kappa shape index (κ1) is 12.2. The summed E-state index contributed by atoms with van der Waals surface area (Å²) < 4.78 is 4.86. The van der Waals surface area contributed by atoms with Crippen LogP contribution >= 0.6 is 0 Å². The number of carbonyl (C=O) groups excluding carboxylic acids is 2. The van der Waals surface area contributed by atoms with Crippen LogP contribution in [0.4, 0.5) is 4.79 Å². The third-order valence-corrected chi connectivity index (χ3v) is 3.66. The highest BCUT2D eigenvalue weighted by Gasteiger charge is 2.50. The van der Waals surface area contributed by atoms with Gasteiger partial charge in [-0.1, -0.05) is 0 Å². The maximum atomic E-state index is 11.8. The van der Waals surface area contributed by atoms with E-state index in [9.17, 15) is 14.7 Å². The van der Waals surface area contributed by atoms with Crippen LogP contribution in [0, 0.1) is 5.92 Å². The Kier molecular flexibility index (Phi) is 2.99. The first-order valence-electron chi connectivity index (χ1n) is 5.84. The largest absolute Gasteiger partial charge is 0.447 e. The monoisotopic (exact) mass is 242 g/mol. The number of amides is 2. The lowest BCUT2D eigenvalue weighted by atomic mass is 9.85. The topological polar surface area (TPSA) is 78.9 Å². The second-order valence-electron chi connectivity index (χ2n) is 5.06. The minimum absolute atomic E-state index is 0.0685. The predicted octanol–water partition coefficient (Wildman–Crippen LogP) is -0.286. The number of nitrogens with one attached hydrogen (secondary N) is 1. The molecule has 0 aliphatic carbocycles. The Labute approximate surface area is 99.9 Å². The summed E-state index contributed by atoms with van der Waals surface area (Å²) in [6.45, 7) is 4.39. The maximum Gasteiger partial charge on any atom is 0.407 e. The Balaban J connectivity index is 2.13. The Hall–Kier alpha value is -1.30. The molecule has 2 N–H and O–H groups in total. The third kappa shape index (κ3) is 1.97. The van der Waals surface area contributed by atoms with Crippen molar-refractivity contribution in [2.24, 2.45) is 5.92 Å². The molecule has 2 amide bonds. The highest BCUT2D eigenvalue weighted by molar-refractivity contribution is 5.80. The van der Waals surface area contributed by atoms with Crippen molar-refractivity contribution < 1.29 is 19.4 Å². The van der Waals surface area contributed by atoms with E-state index in [4.69, 9.17) is 4.74 Å². The van der Waals surface area contributed by atoms with E-state index >= 15 is 0 Å². The second-order valence-corrected chi connectivity index (χ2v) is 5.06. The van der Waals surface area contributed by atoms with Gasteiger partial charge in [-0.25, -0.2) is 4.79 Å². The van der Waals surface area contributed by atoms with Crippen LogP contribution < -0.4 is 5.32 Å². The summed E-state index contributed by atoms with van der Waals surface area (Å²) in [5.74, 6) is -0.0205. The van der Waals surface area contributed by atoms with E-state index < -0.39 is 11.6 Å². The van der Waals surface area contributed by atoms with Crippen molar-refractivity contribution in [3.05, 3.63) is 0 Å². The molecule has 0 aromatic carbocycles. The summed E-state index contributed by atoms with van der Waals surface area (Å²) in [4.78, 5) is 24.7. The number of ether oxygens (including phenoxy) is 1. The summed E-state index contributed by atoms with van der Waals surface area (Å²) in [5.41, 5.74) is -0.795. The molecule has 0 aromatic rings. The highest BCUT2D eigenvalue weighted by Crippen LogP contribution is 2.32. The third-order valence-electron chi connectivity index (χ3n) is 3.66. The van der Waals surface area contributed by atoms with Gasteiger partial charge >= 0.3 is 6.09 Å². The number of alkyl carbamates (subject to hydrolysis) is 1. The molecule has 96 valence electrons. The van der Waals surface area contributed by atoms with Crippen molar-refractivity contribution in [2.45, 2.75) is 31.8 Å². The SMILES string of the molecule is CC(C)N1CC(C2(CO)COC(=O)N2)CC1=O. The normalized spacial score (nSPS) is 33.2. The molecule has 2 fully saturated rings. The Morgan fingerprint density at radius 1 is 1.59 bits per heavy atom. The van der Waals surface area contributed by atoms with Crippen LogP contribution in [0.3, 0.4) is 0 Å². The molecular weight excluding hydrogens is 224 g/mol. The molecule has 0 radical (unpaired) electrons. The molecule has 6 nitrogen and oxygen atoms in total. The van der Waals surface area contributed by atoms with E-state index in [2.05, 4.69) is 5.32 Å². The van der Waals surface area contributed by atoms with E-state index in [-0.39, 0.29) is 31.1 Å². The Morgan fingerprint density at radius 3 is 2.71 bits per heavy atom. The fraction of sp³-hybridized carbons (Fsp3) is 0.818. The van der Waals surface area contributed by atoms with E-state index in [1.165, 1.54) is 0 Å². The number of carbonyl (C=O) groups is 2. The standard InChI is InChI=1S/C11H18N2O4/c1-7(2)13-4-8(3-9(13)15)11(5-14)6-17-10(16)12-11/h7-8,14H,3-6H2,1-2H3,(H,12,16). The fourth-order valence-electron chi connectivity index (χ4n) is 2.50. The molecule has 2 saturated heterocycles. The Bertz CT molecular complexity index is 344. The molecule has 2 unspecified atom stereocenters. The van der Waals surface area contributed by atoms with Gasteiger partial charge < -0.3 is 20.1 Å². The molecule has 0 aromatic heterocycles. The molecule has 6 heteroatoms. The number of aliphatic hydroxyl groups excluding tert-OH is 1. The molecule has 0 bridgehead atoms. The summed E-state index contributed by atoms with van der Waals surface area (Å²) in [5, 5.41) is 12.1. The molecule has 2 rings (SSSR count). The molecule has 2 atom stereocenters. The number of aliphatic hydroxyl groups is 1. The molecule has 0 saturated carbocycles. The number of cyclic esters (lactones) is 1. The average Bonchev–Trinajstić information content (AvgIpc) is 2.83. The molecule has 2 aliphatic heterocycles. The van der Waals surface area contributed by atoms with Crippen molar-refractivity contribution in [3.63, 3.8) is 0 Å². The summed E-state index contributed by atoms with van der Waals surface area (Å²) >= 11 is 0. The van der Waals surface area contributed by atoms with Gasteiger partial charge in [-0.3, -0.25) is 4.79 Å². The van der Waals surface area contributed by atoms with E-state index in [0.717, 1.165) is 0 Å². The zero-order valence-corrected chi connectivity index (χ0v) is 10.1. The smallest absolute Gasteiger partial charge is 0.407 e. The van der Waals surface area contributed by atoms with Gasteiger partial charge in [-0.15, -0.1) is 0 Å². The molecule has 17 heavy (non-hydrogen) atoms. The lowest BCUT2D eigenvalue weighted by Crippen LogP contribution is -2.54. The number of nitrogens with zero attached hydrogens (tertiary/aromatic N) is 1. The average molecular weight is 242 g/mol. The molecule has 2 aliphatic rings. The maximum absolute atomic E-state index is 11.8.